The summed E-state index contributed by atoms with van der Waals surface area (Å²) in [6.45, 7) is 3.48. The number of nitrogens with one attached hydrogen (secondary N) is 4. The monoisotopic (exact) mass is 586 g/mol. The van der Waals surface area contributed by atoms with Crippen LogP contribution in [0.5, 0.6) is 0 Å². The van der Waals surface area contributed by atoms with E-state index in [2.05, 4.69) is 53.7 Å². The normalized spacial score (nSPS) is 13.0. The quantitative estimate of drug-likeness (QED) is 0.174. The third kappa shape index (κ3) is 5.59. The van der Waals surface area contributed by atoms with Crippen LogP contribution in [-0.2, 0) is 9.59 Å². The Balaban J connectivity index is 1.40. The number of fused-ring (bicyclic) bond motifs is 1. The molecule has 0 atom stereocenters. The maximum absolute atomic E-state index is 12.7. The van der Waals surface area contributed by atoms with Crippen LogP contribution in [0.1, 0.15) is 11.1 Å². The summed E-state index contributed by atoms with van der Waals surface area (Å²) in [5.41, 5.74) is 4.79. The molecule has 1 aliphatic rings. The maximum Gasteiger partial charge on any atom is 0.256 e. The van der Waals surface area contributed by atoms with E-state index in [1.807, 2.05) is 54.6 Å². The van der Waals surface area contributed by atoms with E-state index < -0.39 is 0 Å². The van der Waals surface area contributed by atoms with Gasteiger partial charge in [-0.1, -0.05) is 58.4 Å². The average Bonchev–Trinajstić information content (AvgIpc) is 3.22. The van der Waals surface area contributed by atoms with Crippen LogP contribution in [0.25, 0.3) is 11.6 Å². The lowest BCUT2D eigenvalue weighted by atomic mass is 10.0. The van der Waals surface area contributed by atoms with Crippen LogP contribution in [0, 0.1) is 0 Å². The van der Waals surface area contributed by atoms with Crippen molar-refractivity contribution < 1.29 is 9.59 Å². The molecule has 8 nitrogen and oxygen atoms in total. The Morgan fingerprint density at radius 3 is 2.55 bits per heavy atom. The van der Waals surface area contributed by atoms with Gasteiger partial charge in [-0.25, -0.2) is 4.98 Å². The zero-order chi connectivity index (χ0) is 26.6. The lowest BCUT2D eigenvalue weighted by Gasteiger charge is -2.14. The summed E-state index contributed by atoms with van der Waals surface area (Å²) in [7, 11) is 0. The Hall–Kier alpha value is -4.47. The Bertz CT molecular complexity index is 1600. The summed E-state index contributed by atoms with van der Waals surface area (Å²) >= 11 is 9.79. The number of hydrogen-bond donors (Lipinski definition) is 4. The highest BCUT2D eigenvalue weighted by Crippen LogP contribution is 2.36. The first-order valence-corrected chi connectivity index (χ1v) is 12.6. The van der Waals surface area contributed by atoms with Gasteiger partial charge in [-0.2, -0.15) is 4.98 Å². The lowest BCUT2D eigenvalue weighted by molar-refractivity contribution is -0.112. The van der Waals surface area contributed by atoms with Gasteiger partial charge in [-0.3, -0.25) is 9.59 Å². The van der Waals surface area contributed by atoms with E-state index in [1.54, 1.807) is 18.2 Å². The van der Waals surface area contributed by atoms with E-state index in [9.17, 15) is 9.59 Å². The molecule has 38 heavy (non-hydrogen) atoms. The van der Waals surface area contributed by atoms with Gasteiger partial charge >= 0.3 is 0 Å². The number of amides is 2. The fourth-order valence-corrected chi connectivity index (χ4v) is 4.19. The highest BCUT2D eigenvalue weighted by molar-refractivity contribution is 9.10. The fourth-order valence-electron chi connectivity index (χ4n) is 3.79. The highest BCUT2D eigenvalue weighted by atomic mass is 79.9. The first kappa shape index (κ1) is 25.2. The van der Waals surface area contributed by atoms with Gasteiger partial charge in [0.15, 0.2) is 5.82 Å². The van der Waals surface area contributed by atoms with Gasteiger partial charge in [0.25, 0.3) is 5.91 Å². The second-order valence-corrected chi connectivity index (χ2v) is 9.53. The van der Waals surface area contributed by atoms with Crippen LogP contribution < -0.4 is 21.3 Å². The average molecular weight is 588 g/mol. The third-order valence-corrected chi connectivity index (χ3v) is 6.41. The van der Waals surface area contributed by atoms with Crippen LogP contribution in [0.3, 0.4) is 0 Å². The fraction of sp³-hybridized carbons (Fsp3) is 0. The first-order valence-electron chi connectivity index (χ1n) is 11.4. The van der Waals surface area contributed by atoms with Gasteiger partial charge in [0.2, 0.25) is 11.9 Å². The number of carbonyl (C=O) groups excluding carboxylic acids is 2. The van der Waals surface area contributed by atoms with Gasteiger partial charge in [0, 0.05) is 27.0 Å². The number of anilines is 6. The van der Waals surface area contributed by atoms with Gasteiger partial charge < -0.3 is 21.3 Å². The van der Waals surface area contributed by atoms with E-state index >= 15 is 0 Å². The Kier molecular flexibility index (Phi) is 7.21. The lowest BCUT2D eigenvalue weighted by Crippen LogP contribution is -2.09. The molecule has 10 heteroatoms. The standard InChI is InChI=1S/C28H20BrClN6O2/c1-2-25(37)33-23-5-3-4-6-24(23)34-26-21(30)15-31-28(36-26)32-18-11-12-22-19(14-18)20(27(38)35-22)13-16-7-9-17(29)10-8-16/h2-15H,1H2,(H,33,37)(H,35,38)(H2,31,32,34,36)/b20-13-. The van der Waals surface area contributed by atoms with Crippen molar-refractivity contribution in [3.8, 4) is 0 Å². The smallest absolute Gasteiger partial charge is 0.256 e. The molecule has 0 fully saturated rings. The molecule has 0 unspecified atom stereocenters. The van der Waals surface area contributed by atoms with Crippen molar-refractivity contribution in [1.29, 1.82) is 0 Å². The summed E-state index contributed by atoms with van der Waals surface area (Å²) in [6, 6.07) is 20.4. The third-order valence-electron chi connectivity index (χ3n) is 5.61. The predicted octanol–water partition coefficient (Wildman–Crippen LogP) is 7.00. The van der Waals surface area contributed by atoms with Crippen molar-refractivity contribution >= 4 is 85.5 Å². The minimum atomic E-state index is -0.339. The molecule has 0 radical (unpaired) electrons. The molecule has 5 rings (SSSR count). The molecule has 3 aromatic carbocycles. The Morgan fingerprint density at radius 2 is 1.79 bits per heavy atom. The molecule has 0 saturated carbocycles. The summed E-state index contributed by atoms with van der Waals surface area (Å²) in [6.07, 6.45) is 4.51. The summed E-state index contributed by atoms with van der Waals surface area (Å²) in [5.74, 6) is 0.128. The van der Waals surface area contributed by atoms with Gasteiger partial charge in [0.05, 0.1) is 17.6 Å². The van der Waals surface area contributed by atoms with Crippen molar-refractivity contribution in [2.24, 2.45) is 0 Å². The van der Waals surface area contributed by atoms with Crippen LogP contribution in [-0.4, -0.2) is 21.8 Å². The second kappa shape index (κ2) is 10.9. The Labute approximate surface area is 232 Å². The molecule has 4 aromatic rings. The number of benzene rings is 3. The summed E-state index contributed by atoms with van der Waals surface area (Å²) < 4.78 is 0.962. The predicted molar refractivity (Wildman–Crippen MR) is 156 cm³/mol. The van der Waals surface area contributed by atoms with E-state index in [0.29, 0.717) is 39.4 Å². The molecule has 4 N–H and O–H groups in total. The van der Waals surface area contributed by atoms with Crippen molar-refractivity contribution in [2.75, 3.05) is 21.3 Å². The number of rotatable bonds is 7. The summed E-state index contributed by atoms with van der Waals surface area (Å²) in [4.78, 5) is 33.2. The SMILES string of the molecule is C=CC(=O)Nc1ccccc1Nc1nc(Nc2ccc3c(c2)/C(=C/c2ccc(Br)cc2)C(=O)N3)ncc1Cl. The molecule has 1 aliphatic heterocycles. The van der Waals surface area contributed by atoms with Crippen molar-refractivity contribution in [2.45, 2.75) is 0 Å². The number of para-hydroxylation sites is 2. The van der Waals surface area contributed by atoms with Crippen molar-refractivity contribution in [3.05, 3.63) is 106 Å². The zero-order valence-electron chi connectivity index (χ0n) is 19.8. The molecule has 0 bridgehead atoms. The zero-order valence-corrected chi connectivity index (χ0v) is 22.1. The van der Waals surface area contributed by atoms with Crippen LogP contribution in [0.4, 0.5) is 34.5 Å². The van der Waals surface area contributed by atoms with Crippen LogP contribution in [0.15, 0.2) is 90.1 Å². The van der Waals surface area contributed by atoms with E-state index in [1.165, 1.54) is 12.3 Å². The molecule has 1 aromatic heterocycles. The number of aromatic nitrogens is 2. The van der Waals surface area contributed by atoms with Crippen molar-refractivity contribution in [1.82, 2.24) is 9.97 Å². The minimum Gasteiger partial charge on any atom is -0.337 e. The first-order chi connectivity index (χ1) is 18.4. The molecule has 2 heterocycles. The van der Waals surface area contributed by atoms with E-state index in [0.717, 1.165) is 21.3 Å². The van der Waals surface area contributed by atoms with Gasteiger partial charge in [-0.15, -0.1) is 0 Å². The number of hydrogen-bond acceptors (Lipinski definition) is 6. The largest absolute Gasteiger partial charge is 0.337 e. The number of nitrogens with zero attached hydrogens (tertiary/aromatic N) is 2. The minimum absolute atomic E-state index is 0.170. The molecule has 0 saturated heterocycles. The molecule has 188 valence electrons. The molecular weight excluding hydrogens is 568 g/mol. The summed E-state index contributed by atoms with van der Waals surface area (Å²) in [5, 5.41) is 12.3. The van der Waals surface area contributed by atoms with Crippen LogP contribution >= 0.6 is 27.5 Å². The Morgan fingerprint density at radius 1 is 1.03 bits per heavy atom. The molecule has 0 spiro atoms. The van der Waals surface area contributed by atoms with E-state index in [4.69, 9.17) is 11.6 Å². The number of carbonyl (C=O) groups is 2. The number of halogens is 2. The van der Waals surface area contributed by atoms with Crippen molar-refractivity contribution in [3.63, 3.8) is 0 Å². The molecule has 2 amide bonds. The van der Waals surface area contributed by atoms with Gasteiger partial charge in [-0.05, 0) is 60.2 Å². The maximum atomic E-state index is 12.7. The van der Waals surface area contributed by atoms with E-state index in [-0.39, 0.29) is 11.8 Å². The topological polar surface area (TPSA) is 108 Å². The van der Waals surface area contributed by atoms with Gasteiger partial charge in [0.1, 0.15) is 5.02 Å². The molecular formula is C28H20BrClN6O2. The highest BCUT2D eigenvalue weighted by Gasteiger charge is 2.24. The van der Waals surface area contributed by atoms with Crippen LogP contribution in [0.2, 0.25) is 5.02 Å². The molecule has 0 aliphatic carbocycles. The second-order valence-electron chi connectivity index (χ2n) is 8.20.